The fraction of sp³-hybridized carbons (Fsp3) is 1.00. The van der Waals surface area contributed by atoms with Crippen molar-refractivity contribution in [3.8, 4) is 0 Å². The predicted octanol–water partition coefficient (Wildman–Crippen LogP) is 0.0146. The van der Waals surface area contributed by atoms with Gasteiger partial charge in [0, 0.05) is 38.8 Å². The van der Waals surface area contributed by atoms with E-state index in [0.717, 1.165) is 45.4 Å². The molecule has 0 amide bonds. The largest absolute Gasteiger partial charge is 0.396 e. The van der Waals surface area contributed by atoms with Gasteiger partial charge in [-0.2, -0.15) is 0 Å². The lowest BCUT2D eigenvalue weighted by Gasteiger charge is -2.39. The molecule has 5 heteroatoms. The van der Waals surface area contributed by atoms with Gasteiger partial charge in [0.1, 0.15) is 0 Å². The van der Waals surface area contributed by atoms with Crippen LogP contribution in [0.4, 0.5) is 0 Å². The second kappa shape index (κ2) is 9.68. The molecule has 5 N–H and O–H groups in total. The van der Waals surface area contributed by atoms with E-state index in [1.54, 1.807) is 0 Å². The third-order valence-electron chi connectivity index (χ3n) is 4.17. The third-order valence-corrected chi connectivity index (χ3v) is 4.17. The maximum Gasteiger partial charge on any atom is 0.0566 e. The average Bonchev–Trinajstić information content (AvgIpc) is 2.39. The van der Waals surface area contributed by atoms with Crippen LogP contribution in [0.3, 0.4) is 0 Å². The van der Waals surface area contributed by atoms with Crippen LogP contribution in [-0.4, -0.2) is 66.6 Å². The van der Waals surface area contributed by atoms with Gasteiger partial charge in [-0.25, -0.2) is 0 Å². The Balaban J connectivity index is 2.46. The Hall–Kier alpha value is -0.200. The van der Waals surface area contributed by atoms with Crippen molar-refractivity contribution in [3.05, 3.63) is 0 Å². The summed E-state index contributed by atoms with van der Waals surface area (Å²) in [7, 11) is 0. The van der Waals surface area contributed by atoms with E-state index >= 15 is 0 Å². The lowest BCUT2D eigenvalue weighted by molar-refractivity contribution is 0.0624. The number of hydrogen-bond donors (Lipinski definition) is 4. The van der Waals surface area contributed by atoms with Crippen molar-refractivity contribution in [2.24, 2.45) is 17.6 Å². The van der Waals surface area contributed by atoms with Gasteiger partial charge >= 0.3 is 0 Å². The molecule has 120 valence electrons. The summed E-state index contributed by atoms with van der Waals surface area (Å²) >= 11 is 0. The van der Waals surface area contributed by atoms with Gasteiger partial charge in [-0.05, 0) is 37.6 Å². The number of likely N-dealkylation sites (tertiary alicyclic amines) is 1. The molecule has 0 saturated carbocycles. The highest BCUT2D eigenvalue weighted by molar-refractivity contribution is 4.85. The Morgan fingerprint density at radius 3 is 2.70 bits per heavy atom. The molecule has 1 fully saturated rings. The SMILES string of the molecule is CC(C)C(O)CC1CC(NCCCO)CN(CCN)C1. The van der Waals surface area contributed by atoms with Crippen molar-refractivity contribution >= 4 is 0 Å². The fourth-order valence-electron chi connectivity index (χ4n) is 2.99. The molecule has 1 rings (SSSR count). The van der Waals surface area contributed by atoms with Crippen molar-refractivity contribution < 1.29 is 10.2 Å². The molecule has 0 radical (unpaired) electrons. The maximum absolute atomic E-state index is 10.1. The van der Waals surface area contributed by atoms with Crippen LogP contribution in [0.25, 0.3) is 0 Å². The number of hydrogen-bond acceptors (Lipinski definition) is 5. The van der Waals surface area contributed by atoms with E-state index < -0.39 is 0 Å². The van der Waals surface area contributed by atoms with Crippen LogP contribution in [0.2, 0.25) is 0 Å². The van der Waals surface area contributed by atoms with Gasteiger partial charge in [0.25, 0.3) is 0 Å². The lowest BCUT2D eigenvalue weighted by atomic mass is 9.86. The van der Waals surface area contributed by atoms with Gasteiger partial charge in [0.15, 0.2) is 0 Å². The molecule has 0 aromatic heterocycles. The average molecular weight is 287 g/mol. The van der Waals surface area contributed by atoms with E-state index in [0.29, 0.717) is 24.4 Å². The molecule has 0 aromatic rings. The first-order valence-electron chi connectivity index (χ1n) is 8.01. The predicted molar refractivity (Wildman–Crippen MR) is 82.6 cm³/mol. The van der Waals surface area contributed by atoms with E-state index in [4.69, 9.17) is 10.8 Å². The highest BCUT2D eigenvalue weighted by Gasteiger charge is 2.28. The Kier molecular flexibility index (Phi) is 8.64. The van der Waals surface area contributed by atoms with Gasteiger partial charge in [0.05, 0.1) is 6.10 Å². The molecule has 20 heavy (non-hydrogen) atoms. The molecular formula is C15H33N3O2. The first-order chi connectivity index (χ1) is 9.56. The quantitative estimate of drug-likeness (QED) is 0.449. The summed E-state index contributed by atoms with van der Waals surface area (Å²) in [5, 5.41) is 22.5. The number of rotatable bonds is 9. The summed E-state index contributed by atoms with van der Waals surface area (Å²) in [6.07, 6.45) is 2.57. The number of aliphatic hydroxyl groups is 2. The molecule has 3 unspecified atom stereocenters. The van der Waals surface area contributed by atoms with Gasteiger partial charge in [-0.3, -0.25) is 0 Å². The Morgan fingerprint density at radius 2 is 2.10 bits per heavy atom. The number of aliphatic hydroxyl groups excluding tert-OH is 2. The smallest absolute Gasteiger partial charge is 0.0566 e. The highest BCUT2D eigenvalue weighted by Crippen LogP contribution is 2.23. The van der Waals surface area contributed by atoms with Crippen molar-refractivity contribution in [2.75, 3.05) is 39.3 Å². The van der Waals surface area contributed by atoms with Crippen LogP contribution in [-0.2, 0) is 0 Å². The number of piperidine rings is 1. The molecule has 0 aliphatic carbocycles. The zero-order chi connectivity index (χ0) is 15.0. The number of nitrogens with zero attached hydrogens (tertiary/aromatic N) is 1. The minimum atomic E-state index is -0.212. The van der Waals surface area contributed by atoms with Crippen molar-refractivity contribution in [1.82, 2.24) is 10.2 Å². The molecular weight excluding hydrogens is 254 g/mol. The molecule has 0 aromatic carbocycles. The lowest BCUT2D eigenvalue weighted by Crippen LogP contribution is -2.51. The van der Waals surface area contributed by atoms with Gasteiger partial charge in [0.2, 0.25) is 0 Å². The Labute approximate surface area is 123 Å². The van der Waals surface area contributed by atoms with Gasteiger partial charge in [-0.15, -0.1) is 0 Å². The molecule has 1 saturated heterocycles. The number of nitrogens with one attached hydrogen (secondary N) is 1. The van der Waals surface area contributed by atoms with Gasteiger partial charge in [-0.1, -0.05) is 13.8 Å². The van der Waals surface area contributed by atoms with Crippen LogP contribution in [0.15, 0.2) is 0 Å². The van der Waals surface area contributed by atoms with Crippen LogP contribution in [0, 0.1) is 11.8 Å². The third kappa shape index (κ3) is 6.50. The summed E-state index contributed by atoms with van der Waals surface area (Å²) in [6, 6.07) is 0.450. The Bertz CT molecular complexity index is 251. The molecule has 1 heterocycles. The molecule has 0 spiro atoms. The van der Waals surface area contributed by atoms with Crippen LogP contribution >= 0.6 is 0 Å². The number of nitrogens with two attached hydrogens (primary N) is 1. The zero-order valence-corrected chi connectivity index (χ0v) is 13.1. The van der Waals surface area contributed by atoms with Crippen molar-refractivity contribution in [1.29, 1.82) is 0 Å². The van der Waals surface area contributed by atoms with Crippen molar-refractivity contribution in [3.63, 3.8) is 0 Å². The summed E-state index contributed by atoms with van der Waals surface area (Å²) < 4.78 is 0. The minimum absolute atomic E-state index is 0.212. The van der Waals surface area contributed by atoms with E-state index in [1.165, 1.54) is 0 Å². The molecule has 5 nitrogen and oxygen atoms in total. The summed E-state index contributed by atoms with van der Waals surface area (Å²) in [5.41, 5.74) is 5.68. The normalized spacial score (nSPS) is 26.1. The van der Waals surface area contributed by atoms with Crippen LogP contribution < -0.4 is 11.1 Å². The second-order valence-corrected chi connectivity index (χ2v) is 6.43. The molecule has 3 atom stereocenters. The zero-order valence-electron chi connectivity index (χ0n) is 13.1. The van der Waals surface area contributed by atoms with E-state index in [9.17, 15) is 5.11 Å². The topological polar surface area (TPSA) is 81.8 Å². The molecule has 1 aliphatic heterocycles. The first kappa shape index (κ1) is 17.9. The van der Waals surface area contributed by atoms with Crippen LogP contribution in [0.5, 0.6) is 0 Å². The fourth-order valence-corrected chi connectivity index (χ4v) is 2.99. The highest BCUT2D eigenvalue weighted by atomic mass is 16.3. The molecule has 0 bridgehead atoms. The Morgan fingerprint density at radius 1 is 1.35 bits per heavy atom. The summed E-state index contributed by atoms with van der Waals surface area (Å²) in [6.45, 7) is 8.91. The minimum Gasteiger partial charge on any atom is -0.396 e. The van der Waals surface area contributed by atoms with Crippen molar-refractivity contribution in [2.45, 2.75) is 45.3 Å². The van der Waals surface area contributed by atoms with E-state index in [-0.39, 0.29) is 12.7 Å². The maximum atomic E-state index is 10.1. The van der Waals surface area contributed by atoms with E-state index in [1.807, 2.05) is 0 Å². The summed E-state index contributed by atoms with van der Waals surface area (Å²) in [4.78, 5) is 2.40. The molecule has 1 aliphatic rings. The van der Waals surface area contributed by atoms with Gasteiger partial charge < -0.3 is 26.2 Å². The first-order valence-corrected chi connectivity index (χ1v) is 8.01. The van der Waals surface area contributed by atoms with Crippen LogP contribution in [0.1, 0.15) is 33.1 Å². The monoisotopic (exact) mass is 287 g/mol. The summed E-state index contributed by atoms with van der Waals surface area (Å²) in [5.74, 6) is 0.847. The second-order valence-electron chi connectivity index (χ2n) is 6.43. The van der Waals surface area contributed by atoms with E-state index in [2.05, 4.69) is 24.1 Å². The standard InChI is InChI=1S/C15H33N3O2/c1-12(2)15(20)9-13-8-14(17-5-3-7-19)11-18(10-13)6-4-16/h12-15,17,19-20H,3-11,16H2,1-2H3.